The van der Waals surface area contributed by atoms with E-state index in [1.165, 1.54) is 6.07 Å². The van der Waals surface area contributed by atoms with Crippen molar-refractivity contribution in [3.63, 3.8) is 0 Å². The van der Waals surface area contributed by atoms with Gasteiger partial charge in [-0.05, 0) is 24.1 Å². The third-order valence-corrected chi connectivity index (χ3v) is 2.44. The van der Waals surface area contributed by atoms with Crippen LogP contribution in [0.3, 0.4) is 0 Å². The Balaban J connectivity index is 2.23. The maximum atomic E-state index is 13.2. The molecule has 0 aromatic heterocycles. The van der Waals surface area contributed by atoms with Gasteiger partial charge in [0.05, 0.1) is 6.61 Å². The minimum atomic E-state index is -0.207. The molecule has 1 aromatic rings. The third-order valence-electron chi connectivity index (χ3n) is 2.44. The number of methoxy groups -OCH3 is 1. The minimum Gasteiger partial charge on any atom is -0.487 e. The van der Waals surface area contributed by atoms with Gasteiger partial charge in [-0.1, -0.05) is 0 Å². The molecule has 76 valence electrons. The molecule has 1 aliphatic heterocycles. The van der Waals surface area contributed by atoms with Crippen LogP contribution in [0.25, 0.3) is 0 Å². The summed E-state index contributed by atoms with van der Waals surface area (Å²) in [5.74, 6) is 0.456. The Morgan fingerprint density at radius 2 is 2.36 bits per heavy atom. The lowest BCUT2D eigenvalue weighted by molar-refractivity contribution is 0.0950. The number of benzene rings is 1. The lowest BCUT2D eigenvalue weighted by atomic mass is 10.1. The van der Waals surface area contributed by atoms with Crippen molar-refractivity contribution in [1.82, 2.24) is 0 Å². The first-order valence-corrected chi connectivity index (χ1v) is 4.65. The Hall–Kier alpha value is -1.09. The molecule has 2 nitrogen and oxygen atoms in total. The highest BCUT2D eigenvalue weighted by molar-refractivity contribution is 5.41. The molecular formula is C11H13FO2. The summed E-state index contributed by atoms with van der Waals surface area (Å²) in [6, 6.07) is 3.31. The van der Waals surface area contributed by atoms with Gasteiger partial charge in [0.2, 0.25) is 0 Å². The van der Waals surface area contributed by atoms with Crippen LogP contribution < -0.4 is 4.74 Å². The Labute approximate surface area is 82.6 Å². The second-order valence-corrected chi connectivity index (χ2v) is 3.61. The average molecular weight is 196 g/mol. The number of ether oxygens (including phenoxy) is 2. The lowest BCUT2D eigenvalue weighted by Gasteiger charge is -2.08. The zero-order valence-electron chi connectivity index (χ0n) is 8.34. The number of halogens is 1. The smallest absolute Gasteiger partial charge is 0.129 e. The van der Waals surface area contributed by atoms with Gasteiger partial charge in [0.15, 0.2) is 0 Å². The second kappa shape index (κ2) is 3.58. The molecule has 1 aromatic carbocycles. The van der Waals surface area contributed by atoms with Gasteiger partial charge >= 0.3 is 0 Å². The lowest BCUT2D eigenvalue weighted by Crippen LogP contribution is -2.19. The van der Waals surface area contributed by atoms with Crippen molar-refractivity contribution in [1.29, 1.82) is 0 Å². The van der Waals surface area contributed by atoms with Crippen LogP contribution in [-0.2, 0) is 11.2 Å². The van der Waals surface area contributed by atoms with Crippen LogP contribution in [0.1, 0.15) is 11.1 Å². The van der Waals surface area contributed by atoms with Crippen LogP contribution >= 0.6 is 0 Å². The highest BCUT2D eigenvalue weighted by Crippen LogP contribution is 2.30. The van der Waals surface area contributed by atoms with E-state index < -0.39 is 0 Å². The van der Waals surface area contributed by atoms with Gasteiger partial charge in [-0.3, -0.25) is 0 Å². The first-order chi connectivity index (χ1) is 6.70. The summed E-state index contributed by atoms with van der Waals surface area (Å²) in [4.78, 5) is 0. The molecule has 0 bridgehead atoms. The Kier molecular flexibility index (Phi) is 2.42. The van der Waals surface area contributed by atoms with Gasteiger partial charge in [-0.25, -0.2) is 4.39 Å². The predicted molar refractivity (Wildman–Crippen MR) is 51.1 cm³/mol. The van der Waals surface area contributed by atoms with E-state index in [0.29, 0.717) is 17.9 Å². The van der Waals surface area contributed by atoms with E-state index in [9.17, 15) is 4.39 Å². The summed E-state index contributed by atoms with van der Waals surface area (Å²) in [6.07, 6.45) is 0.848. The minimum absolute atomic E-state index is 0.0381. The van der Waals surface area contributed by atoms with Gasteiger partial charge in [0.1, 0.15) is 17.7 Å². The first kappa shape index (κ1) is 9.46. The molecule has 0 N–H and O–H groups in total. The fourth-order valence-corrected chi connectivity index (χ4v) is 1.74. The molecule has 2 rings (SSSR count). The topological polar surface area (TPSA) is 18.5 Å². The van der Waals surface area contributed by atoms with Gasteiger partial charge in [-0.2, -0.15) is 0 Å². The predicted octanol–water partition coefficient (Wildman–Crippen LogP) is 2.08. The van der Waals surface area contributed by atoms with Crippen LogP contribution in [0, 0.1) is 12.7 Å². The number of hydrogen-bond acceptors (Lipinski definition) is 2. The molecule has 0 saturated heterocycles. The molecule has 14 heavy (non-hydrogen) atoms. The summed E-state index contributed by atoms with van der Waals surface area (Å²) >= 11 is 0. The van der Waals surface area contributed by atoms with Crippen LogP contribution in [0.5, 0.6) is 5.75 Å². The van der Waals surface area contributed by atoms with Gasteiger partial charge in [-0.15, -0.1) is 0 Å². The SMILES string of the molecule is COCC1Cc2cc(C)c(F)cc2O1. The van der Waals surface area contributed by atoms with Crippen LogP contribution in [-0.4, -0.2) is 19.8 Å². The number of fused-ring (bicyclic) bond motifs is 1. The molecule has 0 spiro atoms. The number of aryl methyl sites for hydroxylation is 1. The standard InChI is InChI=1S/C11H13FO2/c1-7-3-8-4-9(6-13-2)14-11(8)5-10(7)12/h3,5,9H,4,6H2,1-2H3. The van der Waals surface area contributed by atoms with E-state index in [1.54, 1.807) is 14.0 Å². The van der Waals surface area contributed by atoms with E-state index in [0.717, 1.165) is 12.0 Å². The van der Waals surface area contributed by atoms with Crippen molar-refractivity contribution in [3.05, 3.63) is 29.1 Å². The molecule has 0 saturated carbocycles. The number of hydrogen-bond donors (Lipinski definition) is 0. The summed E-state index contributed by atoms with van der Waals surface area (Å²) in [5, 5.41) is 0. The molecule has 3 heteroatoms. The van der Waals surface area contributed by atoms with Gasteiger partial charge in [0.25, 0.3) is 0 Å². The van der Waals surface area contributed by atoms with Crippen LogP contribution in [0.2, 0.25) is 0 Å². The highest BCUT2D eigenvalue weighted by Gasteiger charge is 2.23. The normalized spacial score (nSPS) is 19.2. The Morgan fingerprint density at radius 1 is 1.57 bits per heavy atom. The molecule has 0 fully saturated rings. The van der Waals surface area contributed by atoms with Gasteiger partial charge in [0, 0.05) is 19.6 Å². The molecule has 1 aliphatic rings. The molecular weight excluding hydrogens is 183 g/mol. The molecule has 0 amide bonds. The van der Waals surface area contributed by atoms with E-state index >= 15 is 0 Å². The summed E-state index contributed by atoms with van der Waals surface area (Å²) < 4.78 is 23.7. The molecule has 1 atom stereocenters. The van der Waals surface area contributed by atoms with E-state index in [1.807, 2.05) is 6.07 Å². The fourth-order valence-electron chi connectivity index (χ4n) is 1.74. The average Bonchev–Trinajstić information content (AvgIpc) is 2.48. The van der Waals surface area contributed by atoms with Crippen molar-refractivity contribution >= 4 is 0 Å². The fraction of sp³-hybridized carbons (Fsp3) is 0.455. The van der Waals surface area contributed by atoms with Crippen molar-refractivity contribution in [2.75, 3.05) is 13.7 Å². The summed E-state index contributed by atoms with van der Waals surface area (Å²) in [5.41, 5.74) is 1.75. The Bertz CT molecular complexity index is 318. The quantitative estimate of drug-likeness (QED) is 0.721. The number of rotatable bonds is 2. The maximum absolute atomic E-state index is 13.2. The summed E-state index contributed by atoms with van der Waals surface area (Å²) in [6.45, 7) is 2.31. The molecule has 0 aliphatic carbocycles. The van der Waals surface area contributed by atoms with Crippen molar-refractivity contribution < 1.29 is 13.9 Å². The van der Waals surface area contributed by atoms with Crippen molar-refractivity contribution in [2.45, 2.75) is 19.4 Å². The molecule has 1 unspecified atom stereocenters. The van der Waals surface area contributed by atoms with E-state index in [4.69, 9.17) is 9.47 Å². The Morgan fingerprint density at radius 3 is 3.07 bits per heavy atom. The molecule has 1 heterocycles. The zero-order chi connectivity index (χ0) is 10.1. The van der Waals surface area contributed by atoms with Gasteiger partial charge < -0.3 is 9.47 Å². The largest absolute Gasteiger partial charge is 0.487 e. The third kappa shape index (κ3) is 1.60. The van der Waals surface area contributed by atoms with Crippen molar-refractivity contribution in [3.8, 4) is 5.75 Å². The van der Waals surface area contributed by atoms with Crippen LogP contribution in [0.4, 0.5) is 4.39 Å². The van der Waals surface area contributed by atoms with E-state index in [2.05, 4.69) is 0 Å². The highest BCUT2D eigenvalue weighted by atomic mass is 19.1. The maximum Gasteiger partial charge on any atom is 0.129 e. The second-order valence-electron chi connectivity index (χ2n) is 3.61. The van der Waals surface area contributed by atoms with Crippen molar-refractivity contribution in [2.24, 2.45) is 0 Å². The summed E-state index contributed by atoms with van der Waals surface area (Å²) in [7, 11) is 1.64. The van der Waals surface area contributed by atoms with Crippen LogP contribution in [0.15, 0.2) is 12.1 Å². The zero-order valence-corrected chi connectivity index (χ0v) is 8.34. The first-order valence-electron chi connectivity index (χ1n) is 4.65. The molecule has 0 radical (unpaired) electrons. The monoisotopic (exact) mass is 196 g/mol. The van der Waals surface area contributed by atoms with E-state index in [-0.39, 0.29) is 11.9 Å².